The molecule has 35 heavy (non-hydrogen) atoms. The molecule has 0 saturated heterocycles. The number of carbonyl (C=O) groups excluding carboxylic acids is 3. The maximum atomic E-state index is 11.7. The zero-order chi connectivity index (χ0) is 26.0. The van der Waals surface area contributed by atoms with Crippen molar-refractivity contribution < 1.29 is 28.6 Å². The molecule has 1 heterocycles. The molecule has 0 N–H and O–H groups in total. The summed E-state index contributed by atoms with van der Waals surface area (Å²) >= 11 is 0. The summed E-state index contributed by atoms with van der Waals surface area (Å²) in [5.41, 5.74) is 6.47. The summed E-state index contributed by atoms with van der Waals surface area (Å²) in [7, 11) is 0. The fourth-order valence-electron chi connectivity index (χ4n) is 4.87. The summed E-state index contributed by atoms with van der Waals surface area (Å²) in [4.78, 5) is 34.2. The number of ether oxygens (including phenoxy) is 3. The van der Waals surface area contributed by atoms with Crippen LogP contribution in [0.25, 0.3) is 0 Å². The van der Waals surface area contributed by atoms with Gasteiger partial charge in [-0.1, -0.05) is 42.7 Å². The summed E-state index contributed by atoms with van der Waals surface area (Å²) in [5.74, 6) is -1.17. The first-order valence-corrected chi connectivity index (χ1v) is 12.7. The molecular formula is C29H42O6. The van der Waals surface area contributed by atoms with E-state index >= 15 is 0 Å². The average molecular weight is 487 g/mol. The minimum atomic E-state index is -0.471. The van der Waals surface area contributed by atoms with E-state index < -0.39 is 18.0 Å². The average Bonchev–Trinajstić information content (AvgIpc) is 3.12. The zero-order valence-electron chi connectivity index (χ0n) is 22.3. The molecule has 1 aliphatic heterocycles. The SMILES string of the molecule is CC(=O)OCC1=CC(=O)OC1C/C=C(/CC/C=C(\C)CCC1=C(C)CCCC1(C)C)COC(C)=O. The molecule has 1 unspecified atom stereocenters. The van der Waals surface area contributed by atoms with Crippen LogP contribution in [0.5, 0.6) is 0 Å². The molecule has 2 aliphatic rings. The molecule has 0 spiro atoms. The van der Waals surface area contributed by atoms with Crippen LogP contribution in [0.3, 0.4) is 0 Å². The van der Waals surface area contributed by atoms with Crippen LogP contribution in [0.2, 0.25) is 0 Å². The number of cyclic esters (lactones) is 1. The first-order valence-electron chi connectivity index (χ1n) is 12.7. The van der Waals surface area contributed by atoms with Crippen molar-refractivity contribution in [1.82, 2.24) is 0 Å². The Morgan fingerprint density at radius 2 is 1.83 bits per heavy atom. The number of hydrogen-bond donors (Lipinski definition) is 0. The summed E-state index contributed by atoms with van der Waals surface area (Å²) in [6, 6.07) is 0. The van der Waals surface area contributed by atoms with Gasteiger partial charge in [-0.15, -0.1) is 0 Å². The predicted molar refractivity (Wildman–Crippen MR) is 136 cm³/mol. The van der Waals surface area contributed by atoms with Crippen molar-refractivity contribution in [3.63, 3.8) is 0 Å². The molecular weight excluding hydrogens is 444 g/mol. The van der Waals surface area contributed by atoms with Gasteiger partial charge in [0, 0.05) is 31.9 Å². The van der Waals surface area contributed by atoms with E-state index in [2.05, 4.69) is 33.8 Å². The second-order valence-electron chi connectivity index (χ2n) is 10.4. The summed E-state index contributed by atoms with van der Waals surface area (Å²) in [6.45, 7) is 12.2. The highest BCUT2D eigenvalue weighted by Gasteiger charge is 2.28. The summed E-state index contributed by atoms with van der Waals surface area (Å²) < 4.78 is 15.6. The number of allylic oxidation sites excluding steroid dienone is 4. The van der Waals surface area contributed by atoms with Gasteiger partial charge in [-0.3, -0.25) is 9.59 Å². The summed E-state index contributed by atoms with van der Waals surface area (Å²) in [6.07, 6.45) is 13.1. The van der Waals surface area contributed by atoms with Crippen LogP contribution in [-0.4, -0.2) is 37.2 Å². The Morgan fingerprint density at radius 1 is 1.11 bits per heavy atom. The lowest BCUT2D eigenvalue weighted by molar-refractivity contribution is -0.141. The maximum absolute atomic E-state index is 11.7. The molecule has 0 bridgehead atoms. The molecule has 6 heteroatoms. The molecule has 0 aromatic heterocycles. The lowest BCUT2D eigenvalue weighted by Crippen LogP contribution is -2.20. The van der Waals surface area contributed by atoms with Crippen LogP contribution in [0.1, 0.15) is 92.9 Å². The van der Waals surface area contributed by atoms with Crippen molar-refractivity contribution in [2.45, 2.75) is 99.0 Å². The molecule has 194 valence electrons. The fourth-order valence-corrected chi connectivity index (χ4v) is 4.87. The van der Waals surface area contributed by atoms with Crippen LogP contribution in [0, 0.1) is 5.41 Å². The van der Waals surface area contributed by atoms with E-state index in [1.165, 1.54) is 44.8 Å². The van der Waals surface area contributed by atoms with Gasteiger partial charge in [0.1, 0.15) is 19.3 Å². The van der Waals surface area contributed by atoms with E-state index in [0.717, 1.165) is 31.3 Å². The van der Waals surface area contributed by atoms with Gasteiger partial charge in [0.25, 0.3) is 0 Å². The lowest BCUT2D eigenvalue weighted by Gasteiger charge is -2.35. The second-order valence-corrected chi connectivity index (χ2v) is 10.4. The molecule has 1 atom stereocenters. The Hall–Kier alpha value is -2.63. The highest BCUT2D eigenvalue weighted by Crippen LogP contribution is 2.42. The normalized spacial score (nSPS) is 20.5. The third kappa shape index (κ3) is 9.87. The van der Waals surface area contributed by atoms with Crippen LogP contribution in [0.15, 0.2) is 46.1 Å². The van der Waals surface area contributed by atoms with Gasteiger partial charge in [0.2, 0.25) is 0 Å². The lowest BCUT2D eigenvalue weighted by atomic mass is 9.71. The first kappa shape index (κ1) is 28.6. The van der Waals surface area contributed by atoms with E-state index in [-0.39, 0.29) is 19.2 Å². The van der Waals surface area contributed by atoms with Crippen molar-refractivity contribution in [2.24, 2.45) is 5.41 Å². The van der Waals surface area contributed by atoms with Gasteiger partial charge in [-0.25, -0.2) is 4.79 Å². The molecule has 0 saturated carbocycles. The number of rotatable bonds is 12. The molecule has 1 aliphatic carbocycles. The number of carbonyl (C=O) groups is 3. The number of hydrogen-bond acceptors (Lipinski definition) is 6. The highest BCUT2D eigenvalue weighted by molar-refractivity contribution is 5.86. The molecule has 0 aromatic carbocycles. The van der Waals surface area contributed by atoms with Gasteiger partial charge in [-0.05, 0) is 69.8 Å². The van der Waals surface area contributed by atoms with Gasteiger partial charge in [0.05, 0.1) is 0 Å². The minimum absolute atomic E-state index is 0.0352. The van der Waals surface area contributed by atoms with E-state index in [0.29, 0.717) is 17.4 Å². The molecule has 6 nitrogen and oxygen atoms in total. The quantitative estimate of drug-likeness (QED) is 0.183. The van der Waals surface area contributed by atoms with Crippen molar-refractivity contribution in [3.8, 4) is 0 Å². The van der Waals surface area contributed by atoms with Crippen LogP contribution < -0.4 is 0 Å². The van der Waals surface area contributed by atoms with Gasteiger partial charge in [0.15, 0.2) is 0 Å². The minimum Gasteiger partial charge on any atom is -0.461 e. The van der Waals surface area contributed by atoms with Crippen molar-refractivity contribution in [2.75, 3.05) is 13.2 Å². The Labute approximate surface area is 210 Å². The number of esters is 3. The standard InChI is InChI=1S/C29H42O6/c1-20(12-14-26-21(2)10-8-16-29(26,5)6)9-7-11-24(18-33-22(3)30)13-15-27-25(17-28(32)35-27)19-34-23(4)31/h9,13,17,27H,7-8,10-12,14-16,18-19H2,1-6H3/b20-9+,24-13-. The van der Waals surface area contributed by atoms with Crippen LogP contribution in [0.4, 0.5) is 0 Å². The van der Waals surface area contributed by atoms with E-state index in [4.69, 9.17) is 14.2 Å². The predicted octanol–water partition coefficient (Wildman–Crippen LogP) is 6.31. The monoisotopic (exact) mass is 486 g/mol. The summed E-state index contributed by atoms with van der Waals surface area (Å²) in [5, 5.41) is 0. The maximum Gasteiger partial charge on any atom is 0.331 e. The molecule has 0 aromatic rings. The molecule has 2 rings (SSSR count). The van der Waals surface area contributed by atoms with Gasteiger partial charge < -0.3 is 14.2 Å². The topological polar surface area (TPSA) is 78.9 Å². The Morgan fingerprint density at radius 3 is 2.49 bits per heavy atom. The Kier molecular flexibility index (Phi) is 11.0. The third-order valence-electron chi connectivity index (χ3n) is 6.91. The largest absolute Gasteiger partial charge is 0.461 e. The van der Waals surface area contributed by atoms with E-state index in [9.17, 15) is 14.4 Å². The van der Waals surface area contributed by atoms with Crippen molar-refractivity contribution in [1.29, 1.82) is 0 Å². The van der Waals surface area contributed by atoms with Crippen molar-refractivity contribution >= 4 is 17.9 Å². The smallest absolute Gasteiger partial charge is 0.331 e. The van der Waals surface area contributed by atoms with Crippen LogP contribution in [-0.2, 0) is 28.6 Å². The fraction of sp³-hybridized carbons (Fsp3) is 0.621. The van der Waals surface area contributed by atoms with E-state index in [1.807, 2.05) is 6.08 Å². The second kappa shape index (κ2) is 13.5. The van der Waals surface area contributed by atoms with E-state index in [1.54, 1.807) is 11.1 Å². The third-order valence-corrected chi connectivity index (χ3v) is 6.91. The van der Waals surface area contributed by atoms with Crippen molar-refractivity contribution in [3.05, 3.63) is 46.1 Å². The van der Waals surface area contributed by atoms with Crippen LogP contribution >= 0.6 is 0 Å². The molecule has 0 amide bonds. The Bertz CT molecular complexity index is 915. The molecule has 0 radical (unpaired) electrons. The zero-order valence-corrected chi connectivity index (χ0v) is 22.3. The highest BCUT2D eigenvalue weighted by atomic mass is 16.6. The van der Waals surface area contributed by atoms with Gasteiger partial charge >= 0.3 is 17.9 Å². The first-order chi connectivity index (χ1) is 16.5. The Balaban J connectivity index is 1.95. The van der Waals surface area contributed by atoms with Gasteiger partial charge in [-0.2, -0.15) is 0 Å². The molecule has 0 fully saturated rings.